The van der Waals surface area contributed by atoms with Crippen LogP contribution in [-0.2, 0) is 4.79 Å². The summed E-state index contributed by atoms with van der Waals surface area (Å²) in [7, 11) is 0. The van der Waals surface area contributed by atoms with Crippen LogP contribution in [0.3, 0.4) is 0 Å². The third kappa shape index (κ3) is 1.53. The smallest absolute Gasteiger partial charge is 0.248 e. The van der Waals surface area contributed by atoms with E-state index in [0.717, 1.165) is 25.9 Å². The van der Waals surface area contributed by atoms with E-state index in [-0.39, 0.29) is 19.1 Å². The van der Waals surface area contributed by atoms with Crippen LogP contribution in [0.2, 0.25) is 0 Å². The van der Waals surface area contributed by atoms with Crippen LogP contribution in [0.25, 0.3) is 0 Å². The van der Waals surface area contributed by atoms with Crippen molar-refractivity contribution in [2.24, 2.45) is 17.8 Å². The lowest BCUT2D eigenvalue weighted by molar-refractivity contribution is -0.133. The lowest BCUT2D eigenvalue weighted by Crippen LogP contribution is -2.32. The number of carbonyl (C=O) groups is 1. The number of amides is 1. The van der Waals surface area contributed by atoms with Gasteiger partial charge in [0.2, 0.25) is 5.91 Å². The molecule has 2 fully saturated rings. The van der Waals surface area contributed by atoms with Crippen molar-refractivity contribution in [3.63, 3.8) is 0 Å². The topological polar surface area (TPSA) is 60.8 Å². The predicted octanol–water partition coefficient (Wildman–Crippen LogP) is -0.544. The second-order valence-corrected chi connectivity index (χ2v) is 4.40. The molecule has 0 bridgehead atoms. The summed E-state index contributed by atoms with van der Waals surface area (Å²) in [6, 6.07) is 0. The van der Waals surface area contributed by atoms with E-state index in [2.05, 4.69) is 0 Å². The number of aliphatic hydroxyl groups excluding tert-OH is 2. The van der Waals surface area contributed by atoms with E-state index in [1.807, 2.05) is 0 Å². The average molecular weight is 199 g/mol. The van der Waals surface area contributed by atoms with E-state index in [1.165, 1.54) is 0 Å². The summed E-state index contributed by atoms with van der Waals surface area (Å²) in [6.45, 7) is 1.36. The van der Waals surface area contributed by atoms with E-state index >= 15 is 0 Å². The minimum absolute atomic E-state index is 0.170. The number of likely N-dealkylation sites (tertiary alicyclic amines) is 1. The maximum absolute atomic E-state index is 11.3. The number of rotatable bonds is 2. The predicted molar refractivity (Wildman–Crippen MR) is 50.5 cm³/mol. The fourth-order valence-corrected chi connectivity index (χ4v) is 2.91. The van der Waals surface area contributed by atoms with Crippen LogP contribution < -0.4 is 0 Å². The molecule has 2 rings (SSSR count). The van der Waals surface area contributed by atoms with Gasteiger partial charge in [-0.05, 0) is 30.6 Å². The molecule has 0 aromatic carbocycles. The van der Waals surface area contributed by atoms with Gasteiger partial charge < -0.3 is 15.1 Å². The standard InChI is InChI=1S/C10H17NO3/c12-5-8-2-1-7-3-11(4-9(7)8)10(14)6-13/h7-9,12-13H,1-6H2. The van der Waals surface area contributed by atoms with Gasteiger partial charge in [-0.3, -0.25) is 4.79 Å². The van der Waals surface area contributed by atoms with Crippen molar-refractivity contribution >= 4 is 5.91 Å². The zero-order valence-electron chi connectivity index (χ0n) is 8.22. The van der Waals surface area contributed by atoms with Crippen molar-refractivity contribution in [3.8, 4) is 0 Å². The van der Waals surface area contributed by atoms with Gasteiger partial charge in [0.15, 0.2) is 0 Å². The number of nitrogens with zero attached hydrogens (tertiary/aromatic N) is 1. The lowest BCUT2D eigenvalue weighted by atomic mass is 9.93. The molecule has 1 aliphatic carbocycles. The zero-order valence-corrected chi connectivity index (χ0v) is 8.22. The van der Waals surface area contributed by atoms with Gasteiger partial charge in [0.05, 0.1) is 0 Å². The maximum Gasteiger partial charge on any atom is 0.248 e. The Balaban J connectivity index is 1.97. The fourth-order valence-electron chi connectivity index (χ4n) is 2.91. The van der Waals surface area contributed by atoms with Crippen LogP contribution >= 0.6 is 0 Å². The number of fused-ring (bicyclic) bond motifs is 1. The molecule has 0 aromatic rings. The van der Waals surface area contributed by atoms with Gasteiger partial charge in [-0.15, -0.1) is 0 Å². The van der Waals surface area contributed by atoms with Gasteiger partial charge in [0.25, 0.3) is 0 Å². The molecule has 2 N–H and O–H groups in total. The highest BCUT2D eigenvalue weighted by Gasteiger charge is 2.43. The van der Waals surface area contributed by atoms with Gasteiger partial charge in [-0.25, -0.2) is 0 Å². The van der Waals surface area contributed by atoms with Crippen LogP contribution in [-0.4, -0.2) is 47.3 Å². The van der Waals surface area contributed by atoms with Crippen molar-refractivity contribution in [1.29, 1.82) is 0 Å². The van der Waals surface area contributed by atoms with Crippen molar-refractivity contribution in [3.05, 3.63) is 0 Å². The average Bonchev–Trinajstić information content (AvgIpc) is 2.74. The first kappa shape index (κ1) is 9.93. The third-order valence-electron chi connectivity index (χ3n) is 3.73. The Kier molecular flexibility index (Phi) is 2.74. The molecule has 4 heteroatoms. The highest BCUT2D eigenvalue weighted by molar-refractivity contribution is 5.77. The van der Waals surface area contributed by atoms with Crippen LogP contribution in [0.5, 0.6) is 0 Å². The van der Waals surface area contributed by atoms with Crippen LogP contribution in [0.15, 0.2) is 0 Å². The van der Waals surface area contributed by atoms with E-state index in [4.69, 9.17) is 10.2 Å². The Morgan fingerprint density at radius 2 is 2.07 bits per heavy atom. The van der Waals surface area contributed by atoms with Crippen molar-refractivity contribution in [2.75, 3.05) is 26.3 Å². The van der Waals surface area contributed by atoms with Crippen molar-refractivity contribution in [2.45, 2.75) is 12.8 Å². The molecule has 0 radical (unpaired) electrons. The molecule has 1 amide bonds. The lowest BCUT2D eigenvalue weighted by Gasteiger charge is -2.18. The molecule has 3 unspecified atom stereocenters. The Hall–Kier alpha value is -0.610. The summed E-state index contributed by atoms with van der Waals surface area (Å²) in [4.78, 5) is 13.0. The molecule has 0 aromatic heterocycles. The molecule has 1 aliphatic heterocycles. The van der Waals surface area contributed by atoms with Crippen molar-refractivity contribution in [1.82, 2.24) is 4.90 Å². The van der Waals surface area contributed by atoms with Gasteiger partial charge in [-0.1, -0.05) is 0 Å². The quantitative estimate of drug-likeness (QED) is 0.627. The van der Waals surface area contributed by atoms with Crippen LogP contribution in [0.4, 0.5) is 0 Å². The summed E-state index contributed by atoms with van der Waals surface area (Å²) < 4.78 is 0. The monoisotopic (exact) mass is 199 g/mol. The molecule has 4 nitrogen and oxygen atoms in total. The summed E-state index contributed by atoms with van der Waals surface area (Å²) >= 11 is 0. The van der Waals surface area contributed by atoms with Gasteiger partial charge >= 0.3 is 0 Å². The molecule has 1 saturated carbocycles. The summed E-state index contributed by atoms with van der Waals surface area (Å²) in [5.74, 6) is 1.23. The summed E-state index contributed by atoms with van der Waals surface area (Å²) in [5, 5.41) is 17.9. The number of carbonyl (C=O) groups excluding carboxylic acids is 1. The third-order valence-corrected chi connectivity index (χ3v) is 3.73. The van der Waals surface area contributed by atoms with E-state index < -0.39 is 0 Å². The number of hydrogen-bond acceptors (Lipinski definition) is 3. The second kappa shape index (κ2) is 3.87. The SMILES string of the molecule is O=C(CO)N1CC2CCC(CO)C2C1. The van der Waals surface area contributed by atoms with Crippen molar-refractivity contribution < 1.29 is 15.0 Å². The minimum Gasteiger partial charge on any atom is -0.396 e. The second-order valence-electron chi connectivity index (χ2n) is 4.40. The summed E-state index contributed by atoms with van der Waals surface area (Å²) in [6.07, 6.45) is 2.21. The molecule has 0 spiro atoms. The molecular weight excluding hydrogens is 182 g/mol. The largest absolute Gasteiger partial charge is 0.396 e. The summed E-state index contributed by atoms with van der Waals surface area (Å²) in [5.41, 5.74) is 0. The minimum atomic E-state index is -0.386. The van der Waals surface area contributed by atoms with Crippen LogP contribution in [0.1, 0.15) is 12.8 Å². The highest BCUT2D eigenvalue weighted by atomic mass is 16.3. The molecule has 14 heavy (non-hydrogen) atoms. The first-order chi connectivity index (χ1) is 6.76. The molecular formula is C10H17NO3. The van der Waals surface area contributed by atoms with Gasteiger partial charge in [0, 0.05) is 19.7 Å². The van der Waals surface area contributed by atoms with E-state index in [1.54, 1.807) is 4.90 Å². The first-order valence-electron chi connectivity index (χ1n) is 5.25. The molecule has 3 atom stereocenters. The van der Waals surface area contributed by atoms with Gasteiger partial charge in [0.1, 0.15) is 6.61 Å². The maximum atomic E-state index is 11.3. The molecule has 80 valence electrons. The van der Waals surface area contributed by atoms with Gasteiger partial charge in [-0.2, -0.15) is 0 Å². The Morgan fingerprint density at radius 1 is 1.29 bits per heavy atom. The molecule has 2 aliphatic rings. The zero-order chi connectivity index (χ0) is 10.1. The number of aliphatic hydroxyl groups is 2. The Morgan fingerprint density at radius 3 is 2.71 bits per heavy atom. The highest BCUT2D eigenvalue weighted by Crippen LogP contribution is 2.41. The number of hydrogen-bond donors (Lipinski definition) is 2. The Labute approximate surface area is 83.5 Å². The van der Waals surface area contributed by atoms with E-state index in [9.17, 15) is 4.79 Å². The van der Waals surface area contributed by atoms with Crippen LogP contribution in [0, 0.1) is 17.8 Å². The Bertz CT molecular complexity index is 231. The normalized spacial score (nSPS) is 36.1. The first-order valence-corrected chi connectivity index (χ1v) is 5.25. The van der Waals surface area contributed by atoms with E-state index in [0.29, 0.717) is 17.8 Å². The molecule has 1 saturated heterocycles. The fraction of sp³-hybridized carbons (Fsp3) is 0.900. The molecule has 1 heterocycles.